The molecule has 1 rings (SSSR count). The van der Waals surface area contributed by atoms with Crippen molar-refractivity contribution in [2.24, 2.45) is 0 Å². The molecule has 1 aromatic carbocycles. The molecule has 0 atom stereocenters. The third kappa shape index (κ3) is 2.59. The number of rotatable bonds is 4. The summed E-state index contributed by atoms with van der Waals surface area (Å²) in [6.45, 7) is 7.05. The van der Waals surface area contributed by atoms with Crippen molar-refractivity contribution in [3.05, 3.63) is 54.1 Å². The Kier molecular flexibility index (Phi) is 3.24. The van der Waals surface area contributed by atoms with Crippen LogP contribution < -0.4 is 5.11 Å². The summed E-state index contributed by atoms with van der Waals surface area (Å²) >= 11 is 0. The molecular formula is C12H11O2-. The van der Waals surface area contributed by atoms with E-state index in [2.05, 4.69) is 13.2 Å². The van der Waals surface area contributed by atoms with Gasteiger partial charge in [-0.3, -0.25) is 0 Å². The summed E-state index contributed by atoms with van der Waals surface area (Å²) in [5.41, 5.74) is 1.96. The highest BCUT2D eigenvalue weighted by Gasteiger charge is 1.98. The summed E-state index contributed by atoms with van der Waals surface area (Å²) in [7, 11) is 0. The number of carboxylic acid groups (broad SMARTS) is 1. The second-order valence-corrected chi connectivity index (χ2v) is 3.02. The van der Waals surface area contributed by atoms with Gasteiger partial charge in [0.05, 0.1) is 5.97 Å². The van der Waals surface area contributed by atoms with Gasteiger partial charge in [0.1, 0.15) is 0 Å². The molecule has 2 nitrogen and oxygen atoms in total. The molecule has 14 heavy (non-hydrogen) atoms. The molecule has 0 amide bonds. The molecule has 0 heterocycles. The van der Waals surface area contributed by atoms with Crippen molar-refractivity contribution in [1.29, 1.82) is 0 Å². The molecular weight excluding hydrogens is 176 g/mol. The van der Waals surface area contributed by atoms with Crippen LogP contribution in [0.15, 0.2) is 43.0 Å². The molecule has 0 saturated heterocycles. The summed E-state index contributed by atoms with van der Waals surface area (Å²) in [4.78, 5) is 10.4. The average molecular weight is 187 g/mol. The topological polar surface area (TPSA) is 40.1 Å². The number of hydrogen-bond donors (Lipinski definition) is 0. The Morgan fingerprint density at radius 1 is 1.50 bits per heavy atom. The van der Waals surface area contributed by atoms with E-state index in [0.29, 0.717) is 6.42 Å². The van der Waals surface area contributed by atoms with Crippen molar-refractivity contribution >= 4 is 12.0 Å². The van der Waals surface area contributed by atoms with Gasteiger partial charge in [-0.15, -0.1) is 0 Å². The van der Waals surface area contributed by atoms with Gasteiger partial charge in [0.25, 0.3) is 0 Å². The molecule has 1 aromatic rings. The third-order valence-corrected chi connectivity index (χ3v) is 1.89. The summed E-state index contributed by atoms with van der Waals surface area (Å²) in [5.74, 6) is -1.20. The van der Waals surface area contributed by atoms with Gasteiger partial charge in [-0.05, 0) is 23.1 Å². The summed E-state index contributed by atoms with van der Waals surface area (Å²) in [6, 6.07) is 7.48. The van der Waals surface area contributed by atoms with Crippen molar-refractivity contribution in [1.82, 2.24) is 0 Å². The van der Waals surface area contributed by atoms with Crippen LogP contribution in [-0.4, -0.2) is 5.97 Å². The van der Waals surface area contributed by atoms with Gasteiger partial charge >= 0.3 is 0 Å². The molecule has 0 N–H and O–H groups in total. The Morgan fingerprint density at radius 2 is 2.21 bits per heavy atom. The first kappa shape index (κ1) is 10.3. The lowest BCUT2D eigenvalue weighted by atomic mass is 10.0. The molecule has 0 spiro atoms. The van der Waals surface area contributed by atoms with Crippen LogP contribution in [0.5, 0.6) is 0 Å². The maximum absolute atomic E-state index is 10.4. The van der Waals surface area contributed by atoms with Gasteiger partial charge in [0.15, 0.2) is 0 Å². The van der Waals surface area contributed by atoms with Crippen molar-refractivity contribution in [2.75, 3.05) is 0 Å². The van der Waals surface area contributed by atoms with E-state index in [9.17, 15) is 9.90 Å². The van der Waals surface area contributed by atoms with Crippen LogP contribution in [0, 0.1) is 0 Å². The summed E-state index contributed by atoms with van der Waals surface area (Å²) in [5, 5.41) is 10.4. The van der Waals surface area contributed by atoms with E-state index in [4.69, 9.17) is 0 Å². The minimum Gasteiger partial charge on any atom is -0.545 e. The van der Waals surface area contributed by atoms with Gasteiger partial charge in [-0.25, -0.2) is 0 Å². The molecule has 0 aliphatic rings. The highest BCUT2D eigenvalue weighted by molar-refractivity contribution is 5.84. The highest BCUT2D eigenvalue weighted by Crippen LogP contribution is 2.10. The van der Waals surface area contributed by atoms with Crippen LogP contribution in [0.4, 0.5) is 0 Å². The van der Waals surface area contributed by atoms with Crippen molar-refractivity contribution < 1.29 is 9.90 Å². The van der Waals surface area contributed by atoms with E-state index < -0.39 is 5.97 Å². The predicted octanol–water partition coefficient (Wildman–Crippen LogP) is 1.18. The molecule has 0 bridgehead atoms. The lowest BCUT2D eigenvalue weighted by Crippen LogP contribution is -2.24. The number of aliphatic carboxylic acids is 1. The van der Waals surface area contributed by atoms with E-state index in [1.54, 1.807) is 6.08 Å². The number of hydrogen-bond acceptors (Lipinski definition) is 2. The fourth-order valence-corrected chi connectivity index (χ4v) is 1.15. The molecule has 0 saturated carbocycles. The van der Waals surface area contributed by atoms with E-state index in [1.165, 1.54) is 0 Å². The van der Waals surface area contributed by atoms with Crippen LogP contribution in [0.2, 0.25) is 0 Å². The molecule has 2 heteroatoms. The number of carboxylic acids is 1. The largest absolute Gasteiger partial charge is 0.545 e. The van der Waals surface area contributed by atoms with Gasteiger partial charge in [0.2, 0.25) is 0 Å². The van der Waals surface area contributed by atoms with Crippen molar-refractivity contribution in [3.63, 3.8) is 0 Å². The quantitative estimate of drug-likeness (QED) is 0.664. The number of carbonyl (C=O) groups excluding carboxylic acids is 1. The maximum Gasteiger partial charge on any atom is 0.0672 e. The second-order valence-electron chi connectivity index (χ2n) is 3.02. The predicted molar refractivity (Wildman–Crippen MR) is 54.4 cm³/mol. The average Bonchev–Trinajstić information content (AvgIpc) is 2.18. The Balaban J connectivity index is 2.81. The van der Waals surface area contributed by atoms with Gasteiger partial charge in [-0.2, -0.15) is 0 Å². The first-order valence-electron chi connectivity index (χ1n) is 4.24. The monoisotopic (exact) mass is 187 g/mol. The van der Waals surface area contributed by atoms with E-state index >= 15 is 0 Å². The van der Waals surface area contributed by atoms with Crippen molar-refractivity contribution in [3.8, 4) is 0 Å². The fourth-order valence-electron chi connectivity index (χ4n) is 1.15. The SMILES string of the molecule is C=Cc1cccc(CC(=C)C(=O)[O-])c1. The van der Waals surface area contributed by atoms with E-state index in [0.717, 1.165) is 11.1 Å². The van der Waals surface area contributed by atoms with Crippen LogP contribution in [-0.2, 0) is 11.2 Å². The highest BCUT2D eigenvalue weighted by atomic mass is 16.4. The van der Waals surface area contributed by atoms with Crippen LogP contribution in [0.1, 0.15) is 11.1 Å². The first-order valence-corrected chi connectivity index (χ1v) is 4.24. The smallest absolute Gasteiger partial charge is 0.0672 e. The van der Waals surface area contributed by atoms with Crippen LogP contribution in [0.3, 0.4) is 0 Å². The lowest BCUT2D eigenvalue weighted by molar-refractivity contribution is -0.299. The third-order valence-electron chi connectivity index (χ3n) is 1.89. The zero-order valence-electron chi connectivity index (χ0n) is 7.82. The minimum atomic E-state index is -1.20. The molecule has 0 unspecified atom stereocenters. The van der Waals surface area contributed by atoms with E-state index in [1.807, 2.05) is 24.3 Å². The normalized spacial score (nSPS) is 9.43. The molecule has 0 aliphatic heterocycles. The lowest BCUT2D eigenvalue weighted by Gasteiger charge is -2.06. The number of carbonyl (C=O) groups is 1. The van der Waals surface area contributed by atoms with Crippen LogP contribution in [0.25, 0.3) is 6.08 Å². The maximum atomic E-state index is 10.4. The molecule has 0 aliphatic carbocycles. The van der Waals surface area contributed by atoms with Crippen molar-refractivity contribution in [2.45, 2.75) is 6.42 Å². The summed E-state index contributed by atoms with van der Waals surface area (Å²) < 4.78 is 0. The Bertz CT molecular complexity index is 378. The Morgan fingerprint density at radius 3 is 2.79 bits per heavy atom. The second kappa shape index (κ2) is 4.42. The molecule has 0 radical (unpaired) electrons. The zero-order chi connectivity index (χ0) is 10.6. The van der Waals surface area contributed by atoms with Crippen LogP contribution >= 0.6 is 0 Å². The van der Waals surface area contributed by atoms with Gasteiger partial charge in [0, 0.05) is 0 Å². The molecule has 0 fully saturated rings. The molecule has 0 aromatic heterocycles. The van der Waals surface area contributed by atoms with E-state index in [-0.39, 0.29) is 5.57 Å². The summed E-state index contributed by atoms with van der Waals surface area (Å²) in [6.07, 6.45) is 2.02. The first-order chi connectivity index (χ1) is 6.63. The number of benzene rings is 1. The van der Waals surface area contributed by atoms with Gasteiger partial charge < -0.3 is 9.90 Å². The zero-order valence-corrected chi connectivity index (χ0v) is 7.82. The minimum absolute atomic E-state index is 0.0891. The fraction of sp³-hybridized carbons (Fsp3) is 0.0833. The Hall–Kier alpha value is -1.83. The molecule has 72 valence electrons. The standard InChI is InChI=1S/C12H12O2/c1-3-10-5-4-6-11(8-10)7-9(2)12(13)14/h3-6,8H,1-2,7H2,(H,13,14)/p-1. The Labute approximate surface area is 83.2 Å². The van der Waals surface area contributed by atoms with Gasteiger partial charge in [-0.1, -0.05) is 43.5 Å².